The van der Waals surface area contributed by atoms with Gasteiger partial charge in [0.25, 0.3) is 5.56 Å². The van der Waals surface area contributed by atoms with Gasteiger partial charge in [-0.2, -0.15) is 0 Å². The van der Waals surface area contributed by atoms with E-state index in [0.29, 0.717) is 0 Å². The van der Waals surface area contributed by atoms with Gasteiger partial charge in [-0.25, -0.2) is 9.36 Å². The van der Waals surface area contributed by atoms with Crippen molar-refractivity contribution in [1.82, 2.24) is 9.55 Å². The highest BCUT2D eigenvalue weighted by molar-refractivity contribution is 5.27. The molecule has 5 heteroatoms. The van der Waals surface area contributed by atoms with Gasteiger partial charge in [-0.3, -0.25) is 9.78 Å². The Morgan fingerprint density at radius 2 is 2.27 bits per heavy atom. The predicted octanol–water partition coefficient (Wildman–Crippen LogP) is -0.781. The number of hydrogen-bond acceptors (Lipinski definition) is 3. The lowest BCUT2D eigenvalue weighted by molar-refractivity contribution is 0.928. The average Bonchev–Trinajstić information content (AvgIpc) is 1.85. The molecule has 0 bridgehead atoms. The van der Waals surface area contributed by atoms with Gasteiger partial charge >= 0.3 is 5.69 Å². The summed E-state index contributed by atoms with van der Waals surface area (Å²) in [5.41, 5.74) is 4.12. The lowest BCUT2D eigenvalue weighted by Crippen LogP contribution is -2.31. The minimum absolute atomic E-state index is 0.0538. The van der Waals surface area contributed by atoms with Crippen molar-refractivity contribution < 1.29 is 0 Å². The molecule has 1 heterocycles. The van der Waals surface area contributed by atoms with Crippen LogP contribution >= 0.6 is 0 Å². The van der Waals surface area contributed by atoms with Crippen molar-refractivity contribution >= 4 is 12.0 Å². The molecule has 0 aliphatic heterocycles. The molecule has 0 saturated carbocycles. The van der Waals surface area contributed by atoms with Crippen LogP contribution in [0.15, 0.2) is 22.2 Å². The zero-order valence-corrected chi connectivity index (χ0v) is 5.70. The van der Waals surface area contributed by atoms with Crippen LogP contribution in [-0.2, 0) is 0 Å². The maximum absolute atomic E-state index is 10.9. The zero-order valence-electron chi connectivity index (χ0n) is 5.70. The molecule has 0 saturated heterocycles. The third-order valence-corrected chi connectivity index (χ3v) is 1.17. The molecule has 0 unspecified atom stereocenters. The number of anilines is 1. The summed E-state index contributed by atoms with van der Waals surface area (Å²) in [6.45, 7) is 3.28. The topological polar surface area (TPSA) is 80.9 Å². The fraction of sp³-hybridized carbons (Fsp3) is 0. The number of nitrogen functional groups attached to an aromatic ring is 1. The van der Waals surface area contributed by atoms with E-state index in [0.717, 1.165) is 16.8 Å². The van der Waals surface area contributed by atoms with Crippen LogP contribution < -0.4 is 17.0 Å². The Morgan fingerprint density at radius 3 is 2.73 bits per heavy atom. The van der Waals surface area contributed by atoms with Crippen LogP contribution in [0.2, 0.25) is 0 Å². The summed E-state index contributed by atoms with van der Waals surface area (Å²) in [6.07, 6.45) is 1.13. The molecule has 1 aromatic rings. The second-order valence-electron chi connectivity index (χ2n) is 1.92. The van der Waals surface area contributed by atoms with Crippen molar-refractivity contribution in [3.05, 3.63) is 33.5 Å². The quantitative estimate of drug-likeness (QED) is 0.555. The smallest absolute Gasteiger partial charge is 0.334 e. The molecule has 11 heavy (non-hydrogen) atoms. The highest BCUT2D eigenvalue weighted by Crippen LogP contribution is 1.81. The van der Waals surface area contributed by atoms with E-state index in [9.17, 15) is 9.59 Å². The highest BCUT2D eigenvalue weighted by Gasteiger charge is 1.96. The Hall–Kier alpha value is -1.78. The summed E-state index contributed by atoms with van der Waals surface area (Å²) in [4.78, 5) is 24.0. The van der Waals surface area contributed by atoms with Crippen LogP contribution in [0.5, 0.6) is 0 Å². The molecule has 0 atom stereocenters. The molecule has 5 nitrogen and oxygen atoms in total. The molecule has 0 aromatic carbocycles. The van der Waals surface area contributed by atoms with E-state index in [4.69, 9.17) is 5.73 Å². The lowest BCUT2D eigenvalue weighted by Gasteiger charge is -1.95. The van der Waals surface area contributed by atoms with E-state index in [2.05, 4.69) is 11.6 Å². The summed E-state index contributed by atoms with van der Waals surface area (Å²) < 4.78 is 0.830. The van der Waals surface area contributed by atoms with Crippen LogP contribution in [0.4, 0.5) is 5.82 Å². The number of H-pyrrole nitrogens is 1. The summed E-state index contributed by atoms with van der Waals surface area (Å²) in [6, 6.07) is 1.11. The van der Waals surface area contributed by atoms with Gasteiger partial charge in [0.2, 0.25) is 0 Å². The normalized spacial score (nSPS) is 9.45. The van der Waals surface area contributed by atoms with Gasteiger partial charge < -0.3 is 5.73 Å². The molecular weight excluding hydrogens is 146 g/mol. The Balaban J connectivity index is 3.63. The summed E-state index contributed by atoms with van der Waals surface area (Å²) in [7, 11) is 0. The molecule has 0 aliphatic rings. The van der Waals surface area contributed by atoms with Gasteiger partial charge in [-0.15, -0.1) is 0 Å². The number of nitrogens with one attached hydrogen (secondary N) is 1. The molecule has 0 aliphatic carbocycles. The van der Waals surface area contributed by atoms with Gasteiger partial charge in [0.05, 0.1) is 0 Å². The molecule has 3 N–H and O–H groups in total. The van der Waals surface area contributed by atoms with Crippen molar-refractivity contribution in [1.29, 1.82) is 0 Å². The average molecular weight is 153 g/mol. The van der Waals surface area contributed by atoms with Crippen molar-refractivity contribution in [2.45, 2.75) is 0 Å². The van der Waals surface area contributed by atoms with Crippen LogP contribution in [0.25, 0.3) is 6.20 Å². The lowest BCUT2D eigenvalue weighted by atomic mass is 10.6. The summed E-state index contributed by atoms with van der Waals surface area (Å²) in [5.74, 6) is 0.0538. The standard InChI is InChI=1S/C6H7N3O2/c1-2-9-5(10)3-4(7)8-6(9)11/h2-3H,1,7H2,(H,8,11). The minimum atomic E-state index is -0.579. The molecule has 0 fully saturated rings. The van der Waals surface area contributed by atoms with E-state index in [1.54, 1.807) is 0 Å². The molecule has 1 rings (SSSR count). The van der Waals surface area contributed by atoms with Gasteiger partial charge in [-0.05, 0) is 0 Å². The van der Waals surface area contributed by atoms with Crippen molar-refractivity contribution in [2.75, 3.05) is 5.73 Å². The Bertz CT molecular complexity index is 356. The number of aromatic amines is 1. The highest BCUT2D eigenvalue weighted by atomic mass is 16.2. The van der Waals surface area contributed by atoms with Crippen LogP contribution in [0.3, 0.4) is 0 Å². The summed E-state index contributed by atoms with van der Waals surface area (Å²) >= 11 is 0. The Morgan fingerprint density at radius 1 is 1.64 bits per heavy atom. The van der Waals surface area contributed by atoms with E-state index in [-0.39, 0.29) is 5.82 Å². The maximum Gasteiger partial charge on any atom is 0.334 e. The first kappa shape index (κ1) is 7.33. The first-order valence-corrected chi connectivity index (χ1v) is 2.89. The monoisotopic (exact) mass is 153 g/mol. The Kier molecular flexibility index (Phi) is 1.63. The Labute approximate surface area is 61.8 Å². The second-order valence-corrected chi connectivity index (χ2v) is 1.92. The van der Waals surface area contributed by atoms with Crippen molar-refractivity contribution in [3.8, 4) is 0 Å². The first-order valence-electron chi connectivity index (χ1n) is 2.89. The number of nitrogens with zero attached hydrogens (tertiary/aromatic N) is 1. The minimum Gasteiger partial charge on any atom is -0.385 e. The number of aromatic nitrogens is 2. The molecule has 0 spiro atoms. The van der Waals surface area contributed by atoms with Gasteiger partial charge in [-0.1, -0.05) is 6.58 Å². The third-order valence-electron chi connectivity index (χ3n) is 1.17. The summed E-state index contributed by atoms with van der Waals surface area (Å²) in [5, 5.41) is 0. The van der Waals surface area contributed by atoms with E-state index in [1.807, 2.05) is 0 Å². The van der Waals surface area contributed by atoms with Crippen LogP contribution in [0.1, 0.15) is 0 Å². The molecular formula is C6H7N3O2. The van der Waals surface area contributed by atoms with Crippen LogP contribution in [-0.4, -0.2) is 9.55 Å². The number of nitrogens with two attached hydrogens (primary N) is 1. The maximum atomic E-state index is 10.9. The largest absolute Gasteiger partial charge is 0.385 e. The second kappa shape index (κ2) is 2.45. The van der Waals surface area contributed by atoms with E-state index >= 15 is 0 Å². The van der Waals surface area contributed by atoms with Gasteiger partial charge in [0.1, 0.15) is 5.82 Å². The van der Waals surface area contributed by atoms with Crippen molar-refractivity contribution in [2.24, 2.45) is 0 Å². The predicted molar refractivity (Wildman–Crippen MR) is 42.1 cm³/mol. The first-order chi connectivity index (χ1) is 5.15. The molecule has 0 radical (unpaired) electrons. The molecule has 58 valence electrons. The van der Waals surface area contributed by atoms with Gasteiger partial charge in [0.15, 0.2) is 0 Å². The third kappa shape index (κ3) is 1.21. The van der Waals surface area contributed by atoms with E-state index in [1.165, 1.54) is 0 Å². The SMILES string of the molecule is C=Cn1c(=O)cc(N)[nH]c1=O. The molecule has 0 amide bonds. The van der Waals surface area contributed by atoms with Gasteiger partial charge in [0, 0.05) is 12.3 Å². The molecule has 1 aromatic heterocycles. The fourth-order valence-electron chi connectivity index (χ4n) is 0.695. The van der Waals surface area contributed by atoms with Crippen molar-refractivity contribution in [3.63, 3.8) is 0 Å². The zero-order chi connectivity index (χ0) is 8.43. The van der Waals surface area contributed by atoms with Crippen LogP contribution in [0, 0.1) is 0 Å². The van der Waals surface area contributed by atoms with E-state index < -0.39 is 11.2 Å². The fourth-order valence-corrected chi connectivity index (χ4v) is 0.695. The number of rotatable bonds is 1. The number of hydrogen-bond donors (Lipinski definition) is 2.